The topological polar surface area (TPSA) is 54.1 Å². The molecule has 0 aromatic carbocycles. The van der Waals surface area contributed by atoms with Crippen LogP contribution >= 0.6 is 12.4 Å². The Morgan fingerprint density at radius 3 is 3.06 bits per heavy atom. The molecule has 1 aliphatic rings. The molecule has 1 aromatic heterocycles. The molecule has 0 spiro atoms. The van der Waals surface area contributed by atoms with Gasteiger partial charge in [-0.05, 0) is 31.5 Å². The lowest BCUT2D eigenvalue weighted by atomic mass is 10.1. The third-order valence-electron chi connectivity index (χ3n) is 2.60. The molecule has 0 unspecified atom stereocenters. The molecular formula is C11H17ClN2O2. The fourth-order valence-electron chi connectivity index (χ4n) is 1.74. The van der Waals surface area contributed by atoms with Crippen LogP contribution in [-0.4, -0.2) is 36.6 Å². The number of piperidine rings is 1. The number of nitrogens with one attached hydrogen (secondary N) is 2. The van der Waals surface area contributed by atoms with Crippen LogP contribution in [0.2, 0.25) is 0 Å². The number of aromatic amines is 1. The third-order valence-corrected chi connectivity index (χ3v) is 2.60. The number of H-pyrrole nitrogens is 1. The first-order valence-corrected chi connectivity index (χ1v) is 5.35. The maximum atomic E-state index is 11.6. The monoisotopic (exact) mass is 244 g/mol. The second-order valence-corrected chi connectivity index (χ2v) is 3.79. The molecule has 1 fully saturated rings. The molecule has 16 heavy (non-hydrogen) atoms. The largest absolute Gasteiger partial charge is 0.369 e. The predicted octanol–water partition coefficient (Wildman–Crippen LogP) is 1.39. The summed E-state index contributed by atoms with van der Waals surface area (Å²) in [6, 6.07) is 3.58. The smallest absolute Gasteiger partial charge is 0.204 e. The van der Waals surface area contributed by atoms with Crippen molar-refractivity contribution in [3.8, 4) is 0 Å². The maximum Gasteiger partial charge on any atom is 0.204 e. The molecule has 2 heterocycles. The number of Topliss-reactive ketones (excluding diaryl/α,β-unsaturated/α-hetero) is 1. The zero-order chi connectivity index (χ0) is 10.5. The van der Waals surface area contributed by atoms with Gasteiger partial charge in [0.15, 0.2) is 0 Å². The second-order valence-electron chi connectivity index (χ2n) is 3.79. The van der Waals surface area contributed by atoms with Crippen LogP contribution in [0.25, 0.3) is 0 Å². The number of aromatic nitrogens is 1. The zero-order valence-electron chi connectivity index (χ0n) is 9.07. The summed E-state index contributed by atoms with van der Waals surface area (Å²) in [4.78, 5) is 14.5. The van der Waals surface area contributed by atoms with E-state index in [1.165, 1.54) is 0 Å². The molecule has 2 rings (SSSR count). The summed E-state index contributed by atoms with van der Waals surface area (Å²) in [5.74, 6) is 0.0190. The van der Waals surface area contributed by atoms with Crippen molar-refractivity contribution in [1.82, 2.24) is 10.3 Å². The van der Waals surface area contributed by atoms with E-state index in [1.54, 1.807) is 12.3 Å². The minimum absolute atomic E-state index is 0. The van der Waals surface area contributed by atoms with E-state index >= 15 is 0 Å². The van der Waals surface area contributed by atoms with E-state index in [4.69, 9.17) is 4.74 Å². The van der Waals surface area contributed by atoms with Crippen LogP contribution in [-0.2, 0) is 4.74 Å². The summed E-state index contributed by atoms with van der Waals surface area (Å²) in [6.07, 6.45) is 4.11. The molecule has 4 nitrogen and oxygen atoms in total. The van der Waals surface area contributed by atoms with Crippen LogP contribution in [0, 0.1) is 0 Å². The van der Waals surface area contributed by atoms with Crippen LogP contribution in [0.4, 0.5) is 0 Å². The average Bonchev–Trinajstić information content (AvgIpc) is 2.81. The number of ether oxygens (including phenoxy) is 1. The molecule has 0 bridgehead atoms. The van der Waals surface area contributed by atoms with Crippen LogP contribution in [0.5, 0.6) is 0 Å². The Morgan fingerprint density at radius 1 is 1.56 bits per heavy atom. The highest BCUT2D eigenvalue weighted by Gasteiger charge is 2.15. The van der Waals surface area contributed by atoms with Gasteiger partial charge >= 0.3 is 0 Å². The van der Waals surface area contributed by atoms with Crippen LogP contribution < -0.4 is 5.32 Å². The van der Waals surface area contributed by atoms with Crippen molar-refractivity contribution in [1.29, 1.82) is 0 Å². The third kappa shape index (κ3) is 3.63. The molecule has 0 saturated carbocycles. The predicted molar refractivity (Wildman–Crippen MR) is 64.2 cm³/mol. The van der Waals surface area contributed by atoms with Gasteiger partial charge in [-0.2, -0.15) is 0 Å². The van der Waals surface area contributed by atoms with Gasteiger partial charge in [-0.3, -0.25) is 4.79 Å². The molecule has 1 aromatic rings. The fraction of sp³-hybridized carbons (Fsp3) is 0.545. The van der Waals surface area contributed by atoms with Crippen molar-refractivity contribution in [3.63, 3.8) is 0 Å². The van der Waals surface area contributed by atoms with Crippen molar-refractivity contribution in [2.75, 3.05) is 19.7 Å². The second kappa shape index (κ2) is 6.68. The first-order valence-electron chi connectivity index (χ1n) is 5.35. The highest BCUT2D eigenvalue weighted by atomic mass is 35.5. The highest BCUT2D eigenvalue weighted by molar-refractivity contribution is 5.95. The lowest BCUT2D eigenvalue weighted by molar-refractivity contribution is 0.0345. The van der Waals surface area contributed by atoms with Gasteiger partial charge in [0, 0.05) is 12.7 Å². The molecule has 0 amide bonds. The van der Waals surface area contributed by atoms with E-state index in [2.05, 4.69) is 10.3 Å². The highest BCUT2D eigenvalue weighted by Crippen LogP contribution is 2.06. The summed E-state index contributed by atoms with van der Waals surface area (Å²) in [6.45, 7) is 2.09. The number of carbonyl (C=O) groups excluding carboxylic acids is 1. The first kappa shape index (κ1) is 13.2. The van der Waals surface area contributed by atoms with Crippen LogP contribution in [0.15, 0.2) is 18.3 Å². The van der Waals surface area contributed by atoms with Crippen molar-refractivity contribution < 1.29 is 9.53 Å². The molecular weight excluding hydrogens is 228 g/mol. The van der Waals surface area contributed by atoms with Crippen LogP contribution in [0.1, 0.15) is 23.3 Å². The van der Waals surface area contributed by atoms with Crippen molar-refractivity contribution in [2.24, 2.45) is 0 Å². The van der Waals surface area contributed by atoms with E-state index < -0.39 is 0 Å². The number of hydrogen-bond acceptors (Lipinski definition) is 3. The fourth-order valence-corrected chi connectivity index (χ4v) is 1.74. The van der Waals surface area contributed by atoms with Gasteiger partial charge in [-0.25, -0.2) is 0 Å². The lowest BCUT2D eigenvalue weighted by Gasteiger charge is -2.22. The molecule has 90 valence electrons. The Balaban J connectivity index is 0.00000128. The van der Waals surface area contributed by atoms with Gasteiger partial charge in [0.1, 0.15) is 6.61 Å². The van der Waals surface area contributed by atoms with Gasteiger partial charge < -0.3 is 15.0 Å². The summed E-state index contributed by atoms with van der Waals surface area (Å²) in [5, 5.41) is 3.25. The van der Waals surface area contributed by atoms with Crippen molar-refractivity contribution >= 4 is 18.2 Å². The van der Waals surface area contributed by atoms with Gasteiger partial charge in [-0.1, -0.05) is 0 Å². The number of halogens is 1. The Hall–Kier alpha value is -0.840. The molecule has 0 radical (unpaired) electrons. The van der Waals surface area contributed by atoms with Gasteiger partial charge in [0.25, 0.3) is 0 Å². The number of carbonyl (C=O) groups is 1. The Kier molecular flexibility index (Phi) is 5.52. The van der Waals surface area contributed by atoms with Gasteiger partial charge in [0.05, 0.1) is 11.8 Å². The normalized spacial score (nSPS) is 20.1. The Morgan fingerprint density at radius 2 is 2.44 bits per heavy atom. The quantitative estimate of drug-likeness (QED) is 0.787. The number of hydrogen-bond donors (Lipinski definition) is 2. The number of rotatable bonds is 4. The van der Waals surface area contributed by atoms with Crippen LogP contribution in [0.3, 0.4) is 0 Å². The summed E-state index contributed by atoms with van der Waals surface area (Å²) >= 11 is 0. The van der Waals surface area contributed by atoms with E-state index in [0.29, 0.717) is 5.69 Å². The lowest BCUT2D eigenvalue weighted by Crippen LogP contribution is -2.36. The van der Waals surface area contributed by atoms with E-state index in [1.807, 2.05) is 6.07 Å². The molecule has 1 aliphatic heterocycles. The average molecular weight is 245 g/mol. The van der Waals surface area contributed by atoms with E-state index in [-0.39, 0.29) is 30.9 Å². The van der Waals surface area contributed by atoms with Gasteiger partial charge in [-0.15, -0.1) is 12.4 Å². The Bertz CT molecular complexity index is 308. The van der Waals surface area contributed by atoms with E-state index in [0.717, 1.165) is 25.9 Å². The van der Waals surface area contributed by atoms with Gasteiger partial charge in [0.2, 0.25) is 5.78 Å². The SMILES string of the molecule is Cl.O=C(CO[C@H]1CCCNC1)c1ccc[nH]1. The minimum atomic E-state index is 0. The van der Waals surface area contributed by atoms with Crippen molar-refractivity contribution in [3.05, 3.63) is 24.0 Å². The zero-order valence-corrected chi connectivity index (χ0v) is 9.89. The minimum Gasteiger partial charge on any atom is -0.369 e. The first-order chi connectivity index (χ1) is 7.36. The summed E-state index contributed by atoms with van der Waals surface area (Å²) < 4.78 is 5.54. The molecule has 1 saturated heterocycles. The summed E-state index contributed by atoms with van der Waals surface area (Å²) in [7, 11) is 0. The molecule has 0 aliphatic carbocycles. The van der Waals surface area contributed by atoms with E-state index in [9.17, 15) is 4.79 Å². The molecule has 5 heteroatoms. The van der Waals surface area contributed by atoms with Crippen molar-refractivity contribution in [2.45, 2.75) is 18.9 Å². The maximum absolute atomic E-state index is 11.6. The summed E-state index contributed by atoms with van der Waals surface area (Å²) in [5.41, 5.74) is 0.624. The number of ketones is 1. The standard InChI is InChI=1S/C11H16N2O2.ClH/c14-11(10-4-2-6-13-10)8-15-9-3-1-5-12-7-9;/h2,4,6,9,12-13H,1,3,5,7-8H2;1H/t9-;/m0./s1. The Labute approximate surface area is 101 Å². The molecule has 1 atom stereocenters. The molecule has 2 N–H and O–H groups in total.